The number of anilines is 1. The first-order valence-corrected chi connectivity index (χ1v) is 12.4. The maximum Gasteiger partial charge on any atom is 0.410 e. The topological polar surface area (TPSA) is 103 Å². The van der Waals surface area contributed by atoms with Gasteiger partial charge in [0.05, 0.1) is 24.2 Å². The van der Waals surface area contributed by atoms with Crippen LogP contribution in [-0.4, -0.2) is 57.3 Å². The lowest BCUT2D eigenvalue weighted by molar-refractivity contribution is 0.0144. The van der Waals surface area contributed by atoms with E-state index >= 15 is 0 Å². The van der Waals surface area contributed by atoms with Crippen LogP contribution in [0.2, 0.25) is 0 Å². The highest BCUT2D eigenvalue weighted by Crippen LogP contribution is 2.36. The summed E-state index contributed by atoms with van der Waals surface area (Å²) in [5.74, 6) is 1.03. The molecule has 1 N–H and O–H groups in total. The first kappa shape index (κ1) is 24.8. The molecule has 2 heterocycles. The Morgan fingerprint density at radius 1 is 1.26 bits per heavy atom. The van der Waals surface area contributed by atoms with Gasteiger partial charge in [-0.1, -0.05) is 24.3 Å². The van der Waals surface area contributed by atoms with Crippen molar-refractivity contribution in [3.8, 4) is 12.1 Å². The minimum Gasteiger partial charge on any atom is -0.479 e. The molecule has 4 rings (SSSR count). The number of rotatable bonds is 4. The predicted octanol–water partition coefficient (Wildman–Crippen LogP) is 4.49. The van der Waals surface area contributed by atoms with Crippen LogP contribution in [-0.2, 0) is 17.6 Å². The lowest BCUT2D eigenvalue weighted by Crippen LogP contribution is -2.56. The lowest BCUT2D eigenvalue weighted by atomic mass is 9.80. The molecule has 1 saturated heterocycles. The van der Waals surface area contributed by atoms with E-state index in [4.69, 9.17) is 4.74 Å². The number of aromatic nitrogens is 2. The second kappa shape index (κ2) is 10.1. The van der Waals surface area contributed by atoms with Crippen molar-refractivity contribution in [1.29, 1.82) is 5.26 Å². The van der Waals surface area contributed by atoms with Gasteiger partial charge in [0.1, 0.15) is 11.4 Å². The molecule has 1 unspecified atom stereocenters. The highest BCUT2D eigenvalue weighted by Gasteiger charge is 2.35. The van der Waals surface area contributed by atoms with E-state index in [1.165, 1.54) is 11.1 Å². The zero-order valence-corrected chi connectivity index (χ0v) is 21.1. The number of benzene rings is 1. The molecule has 0 spiro atoms. The number of piperazine rings is 1. The van der Waals surface area contributed by atoms with Gasteiger partial charge in [-0.05, 0) is 70.4 Å². The van der Waals surface area contributed by atoms with Crippen LogP contribution < -0.4 is 4.90 Å². The van der Waals surface area contributed by atoms with Gasteiger partial charge >= 0.3 is 12.1 Å². The van der Waals surface area contributed by atoms with Crippen molar-refractivity contribution in [2.45, 2.75) is 77.4 Å². The van der Waals surface area contributed by atoms with Gasteiger partial charge in [-0.2, -0.15) is 15.2 Å². The smallest absolute Gasteiger partial charge is 0.410 e. The Labute approximate surface area is 207 Å². The van der Waals surface area contributed by atoms with E-state index < -0.39 is 11.7 Å². The first-order valence-electron chi connectivity index (χ1n) is 12.4. The van der Waals surface area contributed by atoms with Crippen LogP contribution in [0.1, 0.15) is 68.3 Å². The number of nitrogens with zero attached hydrogens (tertiary/aromatic N) is 5. The molecule has 1 aliphatic carbocycles. The van der Waals surface area contributed by atoms with Crippen LogP contribution in [0.5, 0.6) is 6.01 Å². The van der Waals surface area contributed by atoms with Crippen LogP contribution in [0.25, 0.3) is 0 Å². The Morgan fingerprint density at radius 2 is 2.03 bits per heavy atom. The minimum atomic E-state index is -0.604. The summed E-state index contributed by atoms with van der Waals surface area (Å²) in [5, 5.41) is 19.8. The summed E-state index contributed by atoms with van der Waals surface area (Å²) in [7, 11) is 0. The summed E-state index contributed by atoms with van der Waals surface area (Å²) in [4.78, 5) is 25.2. The SMILES string of the molecule is Cc1c(CC2CCCc3ccccc32)nc(O)nc1N1CCN(C(=O)OC(C)(C)C)[C@@H](CC#N)C1. The quantitative estimate of drug-likeness (QED) is 0.692. The molecular weight excluding hydrogens is 442 g/mol. The third-order valence-corrected chi connectivity index (χ3v) is 6.88. The average Bonchev–Trinajstić information content (AvgIpc) is 2.80. The number of aromatic hydroxyl groups is 1. The van der Waals surface area contributed by atoms with E-state index in [1.807, 2.05) is 27.7 Å². The monoisotopic (exact) mass is 477 g/mol. The van der Waals surface area contributed by atoms with Crippen LogP contribution in [0.3, 0.4) is 0 Å². The Bertz CT molecular complexity index is 1120. The number of amides is 1. The van der Waals surface area contributed by atoms with Crippen molar-refractivity contribution in [1.82, 2.24) is 14.9 Å². The second-order valence-corrected chi connectivity index (χ2v) is 10.5. The van der Waals surface area contributed by atoms with Crippen molar-refractivity contribution in [3.63, 3.8) is 0 Å². The third kappa shape index (κ3) is 5.67. The fourth-order valence-corrected chi connectivity index (χ4v) is 5.23. The van der Waals surface area contributed by atoms with E-state index in [2.05, 4.69) is 45.2 Å². The van der Waals surface area contributed by atoms with Crippen LogP contribution in [0.4, 0.5) is 10.6 Å². The molecule has 2 aliphatic rings. The molecule has 1 aromatic heterocycles. The molecule has 0 bridgehead atoms. The van der Waals surface area contributed by atoms with E-state index in [9.17, 15) is 15.2 Å². The van der Waals surface area contributed by atoms with E-state index in [1.54, 1.807) is 4.90 Å². The first-order chi connectivity index (χ1) is 16.7. The number of aryl methyl sites for hydroxylation is 1. The van der Waals surface area contributed by atoms with Crippen molar-refractivity contribution >= 4 is 11.9 Å². The number of ether oxygens (including phenoxy) is 1. The predicted molar refractivity (Wildman–Crippen MR) is 133 cm³/mol. The molecule has 1 fully saturated rings. The number of carbonyl (C=O) groups is 1. The van der Waals surface area contributed by atoms with Gasteiger partial charge in [-0.3, -0.25) is 0 Å². The lowest BCUT2D eigenvalue weighted by Gasteiger charge is -2.41. The molecule has 1 aliphatic heterocycles. The summed E-state index contributed by atoms with van der Waals surface area (Å²) < 4.78 is 5.56. The maximum absolute atomic E-state index is 12.7. The highest BCUT2D eigenvalue weighted by atomic mass is 16.6. The van der Waals surface area contributed by atoms with Gasteiger partial charge in [-0.15, -0.1) is 0 Å². The second-order valence-electron chi connectivity index (χ2n) is 10.5. The van der Waals surface area contributed by atoms with Crippen molar-refractivity contribution in [2.24, 2.45) is 0 Å². The van der Waals surface area contributed by atoms with E-state index in [0.717, 1.165) is 36.9 Å². The van der Waals surface area contributed by atoms with Crippen LogP contribution in [0.15, 0.2) is 24.3 Å². The van der Waals surface area contributed by atoms with Crippen LogP contribution in [0, 0.1) is 18.3 Å². The highest BCUT2D eigenvalue weighted by molar-refractivity contribution is 5.69. The average molecular weight is 478 g/mol. The van der Waals surface area contributed by atoms with Crippen molar-refractivity contribution in [2.75, 3.05) is 24.5 Å². The molecule has 8 nitrogen and oxygen atoms in total. The number of hydrogen-bond acceptors (Lipinski definition) is 7. The zero-order valence-electron chi connectivity index (χ0n) is 21.1. The molecule has 2 aromatic rings. The summed E-state index contributed by atoms with van der Waals surface area (Å²) in [5.41, 5.74) is 3.95. The Hall–Kier alpha value is -3.34. The number of carbonyl (C=O) groups excluding carboxylic acids is 1. The largest absolute Gasteiger partial charge is 0.479 e. The fraction of sp³-hybridized carbons (Fsp3) is 0.556. The van der Waals surface area contributed by atoms with Crippen molar-refractivity contribution < 1.29 is 14.6 Å². The minimum absolute atomic E-state index is 0.192. The van der Waals surface area contributed by atoms with Gasteiger partial charge < -0.3 is 19.6 Å². The molecule has 1 aromatic carbocycles. The molecule has 35 heavy (non-hydrogen) atoms. The Kier molecular flexibility index (Phi) is 7.15. The normalized spacial score (nSPS) is 20.2. The van der Waals surface area contributed by atoms with Crippen molar-refractivity contribution in [3.05, 3.63) is 46.6 Å². The van der Waals surface area contributed by atoms with Gasteiger partial charge in [0.25, 0.3) is 0 Å². The standard InChI is InChI=1S/C27H35N5O3/c1-18-23(16-20-10-7-9-19-8-5-6-11-22(19)20)29-25(33)30-24(18)31-14-15-32(21(17-31)12-13-28)26(34)35-27(2,3)4/h5-6,8,11,20-21H,7,9-10,12,14-17H2,1-4H3,(H,29,30,33)/t20?,21-/m0/s1. The Balaban J connectivity index is 1.56. The van der Waals surface area contributed by atoms with Gasteiger partial charge in [0, 0.05) is 25.2 Å². The summed E-state index contributed by atoms with van der Waals surface area (Å²) in [6.45, 7) is 8.88. The van der Waals surface area contributed by atoms with Gasteiger partial charge in [0.15, 0.2) is 0 Å². The summed E-state index contributed by atoms with van der Waals surface area (Å²) >= 11 is 0. The number of hydrogen-bond donors (Lipinski definition) is 1. The molecule has 8 heteroatoms. The molecule has 0 radical (unpaired) electrons. The fourth-order valence-electron chi connectivity index (χ4n) is 5.23. The van der Waals surface area contributed by atoms with Crippen LogP contribution >= 0.6 is 0 Å². The maximum atomic E-state index is 12.7. The molecular formula is C27H35N5O3. The molecule has 2 atom stereocenters. The molecule has 0 saturated carbocycles. The number of fused-ring (bicyclic) bond motifs is 1. The van der Waals surface area contributed by atoms with E-state index in [0.29, 0.717) is 31.4 Å². The summed E-state index contributed by atoms with van der Waals surface area (Å²) in [6, 6.07) is 10.2. The zero-order chi connectivity index (χ0) is 25.2. The summed E-state index contributed by atoms with van der Waals surface area (Å²) in [6.07, 6.45) is 3.87. The van der Waals surface area contributed by atoms with Gasteiger partial charge in [-0.25, -0.2) is 4.79 Å². The Morgan fingerprint density at radius 3 is 2.77 bits per heavy atom. The van der Waals surface area contributed by atoms with Gasteiger partial charge in [0.2, 0.25) is 0 Å². The number of nitriles is 1. The van der Waals surface area contributed by atoms with E-state index in [-0.39, 0.29) is 18.5 Å². The molecule has 186 valence electrons. The molecule has 1 amide bonds. The third-order valence-electron chi connectivity index (χ3n) is 6.88.